The van der Waals surface area contributed by atoms with Gasteiger partial charge in [0.05, 0.1) is 22.8 Å². The molecule has 0 radical (unpaired) electrons. The summed E-state index contributed by atoms with van der Waals surface area (Å²) < 4.78 is 9.38. The van der Waals surface area contributed by atoms with Gasteiger partial charge in [-0.1, -0.05) is 127 Å². The lowest BCUT2D eigenvalue weighted by molar-refractivity contribution is 0.669. The maximum Gasteiger partial charge on any atom is 0.161 e. The number of benzene rings is 8. The highest BCUT2D eigenvalue weighted by Crippen LogP contribution is 2.48. The van der Waals surface area contributed by atoms with E-state index in [0.717, 1.165) is 77.9 Å². The molecule has 0 amide bonds. The summed E-state index contributed by atoms with van der Waals surface area (Å²) in [6.07, 6.45) is 0. The lowest BCUT2D eigenvalue weighted by atomic mass is 10.00. The second kappa shape index (κ2) is 12.8. The van der Waals surface area contributed by atoms with Gasteiger partial charge < -0.3 is 9.32 Å². The number of para-hydroxylation sites is 1. The van der Waals surface area contributed by atoms with Crippen LogP contribution in [0.2, 0.25) is 0 Å². The molecule has 0 N–H and O–H groups in total. The fraction of sp³-hybridized carbons (Fsp3) is 0. The van der Waals surface area contributed by atoms with Crippen LogP contribution in [0.3, 0.4) is 0 Å². The minimum absolute atomic E-state index is 0.634. The largest absolute Gasteiger partial charge is 0.456 e. The molecular weight excluding hydrogens is 691 g/mol. The minimum Gasteiger partial charge on any atom is -0.456 e. The van der Waals surface area contributed by atoms with Crippen molar-refractivity contribution in [1.82, 2.24) is 9.97 Å². The number of hydrogen-bond donors (Lipinski definition) is 0. The van der Waals surface area contributed by atoms with E-state index in [9.17, 15) is 0 Å². The van der Waals surface area contributed by atoms with E-state index in [1.54, 1.807) is 0 Å². The second-order valence-electron chi connectivity index (χ2n) is 13.8. The maximum absolute atomic E-state index is 6.88. The lowest BCUT2D eigenvalue weighted by Crippen LogP contribution is -2.10. The highest BCUT2D eigenvalue weighted by molar-refractivity contribution is 7.26. The third kappa shape index (κ3) is 5.36. The quantitative estimate of drug-likeness (QED) is 0.171. The van der Waals surface area contributed by atoms with Crippen LogP contribution in [0, 0.1) is 0 Å². The van der Waals surface area contributed by atoms with Crippen molar-refractivity contribution in [2.75, 3.05) is 4.90 Å². The van der Waals surface area contributed by atoms with E-state index in [-0.39, 0.29) is 0 Å². The Morgan fingerprint density at radius 2 is 1.05 bits per heavy atom. The van der Waals surface area contributed by atoms with E-state index in [1.165, 1.54) is 20.2 Å². The molecule has 0 saturated heterocycles. The molecule has 0 fully saturated rings. The Morgan fingerprint density at radius 1 is 0.436 bits per heavy atom. The zero-order valence-corrected chi connectivity index (χ0v) is 30.4. The highest BCUT2D eigenvalue weighted by Gasteiger charge is 2.24. The van der Waals surface area contributed by atoms with Gasteiger partial charge in [0.25, 0.3) is 0 Å². The lowest BCUT2D eigenvalue weighted by Gasteiger charge is -2.27. The number of rotatable bonds is 6. The summed E-state index contributed by atoms with van der Waals surface area (Å²) in [4.78, 5) is 13.1. The monoisotopic (exact) mass is 721 g/mol. The molecule has 11 rings (SSSR count). The van der Waals surface area contributed by atoms with Gasteiger partial charge in [0.2, 0.25) is 0 Å². The molecule has 3 heterocycles. The SMILES string of the molecule is c1ccc(-c2cc(-c3ccccc3)nc(-c3cc(N(c4ccccc4)c4cccc5sc6ccccc6c45)cc4oc5cc6ccccc6cc5c34)n2)cc1. The van der Waals surface area contributed by atoms with E-state index in [0.29, 0.717) is 5.82 Å². The van der Waals surface area contributed by atoms with Gasteiger partial charge in [-0.25, -0.2) is 9.97 Å². The van der Waals surface area contributed by atoms with Gasteiger partial charge >= 0.3 is 0 Å². The van der Waals surface area contributed by atoms with Crippen molar-refractivity contribution < 1.29 is 4.42 Å². The summed E-state index contributed by atoms with van der Waals surface area (Å²) in [5, 5.41) is 6.76. The molecule has 5 heteroatoms. The second-order valence-corrected chi connectivity index (χ2v) is 14.9. The summed E-state index contributed by atoms with van der Waals surface area (Å²) in [6, 6.07) is 66.0. The Labute approximate surface area is 321 Å². The van der Waals surface area contributed by atoms with Gasteiger partial charge in [0.15, 0.2) is 5.82 Å². The van der Waals surface area contributed by atoms with Crippen molar-refractivity contribution in [3.63, 3.8) is 0 Å². The van der Waals surface area contributed by atoms with Crippen LogP contribution in [0.1, 0.15) is 0 Å². The van der Waals surface area contributed by atoms with Crippen molar-refractivity contribution >= 4 is 81.3 Å². The first-order valence-electron chi connectivity index (χ1n) is 18.4. The van der Waals surface area contributed by atoms with Crippen LogP contribution in [0.5, 0.6) is 0 Å². The Hall–Kier alpha value is -7.08. The molecule has 0 saturated carbocycles. The van der Waals surface area contributed by atoms with E-state index in [4.69, 9.17) is 14.4 Å². The number of aromatic nitrogens is 2. The summed E-state index contributed by atoms with van der Waals surface area (Å²) in [7, 11) is 0. The minimum atomic E-state index is 0.634. The molecule has 11 aromatic rings. The van der Waals surface area contributed by atoms with Gasteiger partial charge in [-0.3, -0.25) is 0 Å². The Bertz CT molecular complexity index is 3150. The standard InChI is InChI=1S/C50H31N3OS/c1-4-15-32(16-5-1)41-31-42(33-17-6-2-7-18-33)52-50(51-41)40-29-37(30-45-48(40)39-27-34-19-10-11-20-35(34)28-44(39)54-45)53(36-21-8-3-9-22-36)43-24-14-26-47-49(43)38-23-12-13-25-46(38)55-47/h1-31H. The van der Waals surface area contributed by atoms with Gasteiger partial charge in [-0.2, -0.15) is 0 Å². The Kier molecular flexibility index (Phi) is 7.32. The van der Waals surface area contributed by atoms with Crippen molar-refractivity contribution in [2.45, 2.75) is 0 Å². The van der Waals surface area contributed by atoms with Crippen molar-refractivity contribution in [1.29, 1.82) is 0 Å². The van der Waals surface area contributed by atoms with E-state index < -0.39 is 0 Å². The number of thiophene rings is 1. The maximum atomic E-state index is 6.88. The number of fused-ring (bicyclic) bond motifs is 7. The zero-order chi connectivity index (χ0) is 36.3. The Balaban J connectivity index is 1.25. The fourth-order valence-electron chi connectivity index (χ4n) is 7.91. The van der Waals surface area contributed by atoms with Crippen LogP contribution >= 0.6 is 11.3 Å². The molecule has 0 bridgehead atoms. The van der Waals surface area contributed by atoms with Crippen LogP contribution in [-0.2, 0) is 0 Å². The molecule has 0 aliphatic heterocycles. The molecular formula is C50H31N3OS. The normalized spacial score (nSPS) is 11.6. The van der Waals surface area contributed by atoms with Crippen LogP contribution in [0.15, 0.2) is 192 Å². The number of anilines is 3. The van der Waals surface area contributed by atoms with E-state index in [2.05, 4.69) is 181 Å². The summed E-state index contributed by atoms with van der Waals surface area (Å²) in [5.41, 5.74) is 9.36. The Morgan fingerprint density at radius 3 is 1.78 bits per heavy atom. The van der Waals surface area contributed by atoms with Crippen LogP contribution in [0.4, 0.5) is 17.1 Å². The first-order valence-corrected chi connectivity index (χ1v) is 19.2. The molecule has 8 aromatic carbocycles. The summed E-state index contributed by atoms with van der Waals surface area (Å²) >= 11 is 1.82. The van der Waals surface area contributed by atoms with Crippen LogP contribution in [0.25, 0.3) is 86.8 Å². The third-order valence-electron chi connectivity index (χ3n) is 10.4. The molecule has 0 spiro atoms. The topological polar surface area (TPSA) is 42.2 Å². The van der Waals surface area contributed by atoms with Gasteiger partial charge in [-0.15, -0.1) is 11.3 Å². The zero-order valence-electron chi connectivity index (χ0n) is 29.6. The van der Waals surface area contributed by atoms with Gasteiger partial charge in [0, 0.05) is 59.4 Å². The molecule has 55 heavy (non-hydrogen) atoms. The average Bonchev–Trinajstić information content (AvgIpc) is 3.82. The number of nitrogens with zero attached hydrogens (tertiary/aromatic N) is 3. The smallest absolute Gasteiger partial charge is 0.161 e. The predicted molar refractivity (Wildman–Crippen MR) is 231 cm³/mol. The first-order chi connectivity index (χ1) is 27.2. The van der Waals surface area contributed by atoms with E-state index in [1.807, 2.05) is 23.5 Å². The highest BCUT2D eigenvalue weighted by atomic mass is 32.1. The molecule has 0 atom stereocenters. The molecule has 4 nitrogen and oxygen atoms in total. The van der Waals surface area contributed by atoms with E-state index >= 15 is 0 Å². The predicted octanol–water partition coefficient (Wildman–Crippen LogP) is 14.4. The van der Waals surface area contributed by atoms with Crippen LogP contribution in [-0.4, -0.2) is 9.97 Å². The van der Waals surface area contributed by atoms with Crippen LogP contribution < -0.4 is 4.90 Å². The van der Waals surface area contributed by atoms with Gasteiger partial charge in [0.1, 0.15) is 11.2 Å². The number of furan rings is 1. The molecule has 0 aliphatic rings. The number of hydrogen-bond acceptors (Lipinski definition) is 5. The van der Waals surface area contributed by atoms with Crippen molar-refractivity contribution in [3.8, 4) is 33.9 Å². The molecule has 0 aliphatic carbocycles. The summed E-state index contributed by atoms with van der Waals surface area (Å²) in [6.45, 7) is 0. The third-order valence-corrected chi connectivity index (χ3v) is 11.6. The first kappa shape index (κ1) is 31.4. The van der Waals surface area contributed by atoms with Crippen molar-refractivity contribution in [2.24, 2.45) is 0 Å². The molecule has 3 aromatic heterocycles. The molecule has 258 valence electrons. The summed E-state index contributed by atoms with van der Waals surface area (Å²) in [5.74, 6) is 0.634. The molecule has 0 unspecified atom stereocenters. The van der Waals surface area contributed by atoms with Crippen molar-refractivity contribution in [3.05, 3.63) is 188 Å². The van der Waals surface area contributed by atoms with Gasteiger partial charge in [-0.05, 0) is 65.4 Å². The fourth-order valence-corrected chi connectivity index (χ4v) is 9.04. The average molecular weight is 722 g/mol.